The van der Waals surface area contributed by atoms with Gasteiger partial charge in [-0.3, -0.25) is 0 Å². The molecule has 0 spiro atoms. The Bertz CT molecular complexity index is 471. The molecular formula is C12H11FN2S. The van der Waals surface area contributed by atoms with E-state index in [0.29, 0.717) is 11.4 Å². The maximum atomic E-state index is 12.9. The second-order valence-corrected chi connectivity index (χ2v) is 4.34. The van der Waals surface area contributed by atoms with Gasteiger partial charge in [-0.05, 0) is 29.8 Å². The second-order valence-electron chi connectivity index (χ2n) is 3.35. The Morgan fingerprint density at radius 2 is 2.12 bits per heavy atom. The van der Waals surface area contributed by atoms with E-state index in [1.165, 1.54) is 12.1 Å². The van der Waals surface area contributed by atoms with E-state index < -0.39 is 0 Å². The summed E-state index contributed by atoms with van der Waals surface area (Å²) in [5.74, 6) is 0.498. The molecule has 2 aromatic rings. The second kappa shape index (κ2) is 4.99. The monoisotopic (exact) mass is 234 g/mol. The molecule has 0 saturated carbocycles. The number of thioether (sulfide) groups is 1. The largest absolute Gasteiger partial charge is 0.397 e. The first kappa shape index (κ1) is 11.0. The number of nitrogen functional groups attached to an aromatic ring is 1. The minimum Gasteiger partial charge on any atom is -0.397 e. The van der Waals surface area contributed by atoms with Crippen LogP contribution in [0.3, 0.4) is 0 Å². The van der Waals surface area contributed by atoms with Crippen molar-refractivity contribution in [3.8, 4) is 0 Å². The highest BCUT2D eigenvalue weighted by molar-refractivity contribution is 7.98. The van der Waals surface area contributed by atoms with Crippen LogP contribution in [-0.4, -0.2) is 4.98 Å². The number of rotatable bonds is 3. The molecule has 1 heterocycles. The smallest absolute Gasteiger partial charge is 0.123 e. The zero-order valence-corrected chi connectivity index (χ0v) is 9.38. The molecular weight excluding hydrogens is 223 g/mol. The molecule has 0 unspecified atom stereocenters. The number of halogens is 1. The lowest BCUT2D eigenvalue weighted by Crippen LogP contribution is -1.87. The van der Waals surface area contributed by atoms with Crippen LogP contribution in [0.2, 0.25) is 0 Å². The maximum absolute atomic E-state index is 12.9. The SMILES string of the molecule is Nc1ccc(SCc2cccc(F)c2)nc1. The maximum Gasteiger partial charge on any atom is 0.123 e. The first-order valence-electron chi connectivity index (χ1n) is 4.83. The van der Waals surface area contributed by atoms with Crippen LogP contribution in [0.15, 0.2) is 47.6 Å². The van der Waals surface area contributed by atoms with E-state index in [0.717, 1.165) is 10.6 Å². The Morgan fingerprint density at radius 1 is 1.25 bits per heavy atom. The number of aromatic nitrogens is 1. The predicted molar refractivity (Wildman–Crippen MR) is 64.6 cm³/mol. The summed E-state index contributed by atoms with van der Waals surface area (Å²) in [6.45, 7) is 0. The van der Waals surface area contributed by atoms with Crippen LogP contribution in [0.25, 0.3) is 0 Å². The highest BCUT2D eigenvalue weighted by atomic mass is 32.2. The molecule has 82 valence electrons. The Morgan fingerprint density at radius 3 is 2.81 bits per heavy atom. The molecule has 0 amide bonds. The van der Waals surface area contributed by atoms with E-state index in [-0.39, 0.29) is 5.82 Å². The van der Waals surface area contributed by atoms with Gasteiger partial charge in [-0.15, -0.1) is 11.8 Å². The van der Waals surface area contributed by atoms with Gasteiger partial charge < -0.3 is 5.73 Å². The van der Waals surface area contributed by atoms with Crippen molar-refractivity contribution >= 4 is 17.4 Å². The lowest BCUT2D eigenvalue weighted by atomic mass is 10.2. The number of nitrogens with two attached hydrogens (primary N) is 1. The average molecular weight is 234 g/mol. The van der Waals surface area contributed by atoms with E-state index in [9.17, 15) is 4.39 Å². The van der Waals surface area contributed by atoms with Crippen LogP contribution in [0.4, 0.5) is 10.1 Å². The minimum absolute atomic E-state index is 0.205. The lowest BCUT2D eigenvalue weighted by Gasteiger charge is -2.01. The summed E-state index contributed by atoms with van der Waals surface area (Å²) in [5.41, 5.74) is 7.13. The molecule has 0 bridgehead atoms. The minimum atomic E-state index is -0.205. The van der Waals surface area contributed by atoms with Crippen molar-refractivity contribution in [3.63, 3.8) is 0 Å². The summed E-state index contributed by atoms with van der Waals surface area (Å²) in [6.07, 6.45) is 1.62. The van der Waals surface area contributed by atoms with Crippen LogP contribution in [0.5, 0.6) is 0 Å². The summed E-state index contributed by atoms with van der Waals surface area (Å²) in [7, 11) is 0. The van der Waals surface area contributed by atoms with E-state index >= 15 is 0 Å². The highest BCUT2D eigenvalue weighted by Gasteiger charge is 1.98. The first-order chi connectivity index (χ1) is 7.74. The Hall–Kier alpha value is -1.55. The zero-order valence-electron chi connectivity index (χ0n) is 8.56. The van der Waals surface area contributed by atoms with Gasteiger partial charge in [0.15, 0.2) is 0 Å². The molecule has 1 aromatic carbocycles. The van der Waals surface area contributed by atoms with Gasteiger partial charge in [-0.1, -0.05) is 12.1 Å². The molecule has 0 atom stereocenters. The molecule has 0 aliphatic carbocycles. The van der Waals surface area contributed by atoms with Crippen LogP contribution in [0, 0.1) is 5.82 Å². The Labute approximate surface area is 97.7 Å². The van der Waals surface area contributed by atoms with E-state index in [1.54, 1.807) is 30.1 Å². The quantitative estimate of drug-likeness (QED) is 0.829. The fraction of sp³-hybridized carbons (Fsp3) is 0.0833. The van der Waals surface area contributed by atoms with E-state index in [2.05, 4.69) is 4.98 Å². The molecule has 0 aliphatic rings. The number of hydrogen-bond donors (Lipinski definition) is 1. The Balaban J connectivity index is 1.99. The van der Waals surface area contributed by atoms with Crippen molar-refractivity contribution < 1.29 is 4.39 Å². The molecule has 2 N–H and O–H groups in total. The van der Waals surface area contributed by atoms with E-state index in [1.807, 2.05) is 12.1 Å². The third kappa shape index (κ3) is 2.97. The lowest BCUT2D eigenvalue weighted by molar-refractivity contribution is 0.626. The van der Waals surface area contributed by atoms with Crippen LogP contribution < -0.4 is 5.73 Å². The fourth-order valence-corrected chi connectivity index (χ4v) is 2.05. The normalized spacial score (nSPS) is 10.3. The van der Waals surface area contributed by atoms with Crippen molar-refractivity contribution in [2.75, 3.05) is 5.73 Å². The molecule has 0 fully saturated rings. The predicted octanol–water partition coefficient (Wildman–Crippen LogP) is 3.10. The van der Waals surface area contributed by atoms with Crippen LogP contribution in [0.1, 0.15) is 5.56 Å². The first-order valence-corrected chi connectivity index (χ1v) is 5.81. The van der Waals surface area contributed by atoms with Gasteiger partial charge in [-0.25, -0.2) is 9.37 Å². The number of benzene rings is 1. The average Bonchev–Trinajstić information content (AvgIpc) is 2.28. The molecule has 2 rings (SSSR count). The molecule has 0 saturated heterocycles. The van der Waals surface area contributed by atoms with Gasteiger partial charge in [0.1, 0.15) is 5.82 Å². The van der Waals surface area contributed by atoms with Gasteiger partial charge in [0, 0.05) is 5.75 Å². The number of anilines is 1. The Kier molecular flexibility index (Phi) is 3.41. The summed E-state index contributed by atoms with van der Waals surface area (Å²) in [4.78, 5) is 4.16. The number of pyridine rings is 1. The summed E-state index contributed by atoms with van der Waals surface area (Å²) >= 11 is 1.56. The number of hydrogen-bond acceptors (Lipinski definition) is 3. The van der Waals surface area contributed by atoms with Crippen LogP contribution >= 0.6 is 11.8 Å². The topological polar surface area (TPSA) is 38.9 Å². The van der Waals surface area contributed by atoms with Gasteiger partial charge in [0.05, 0.1) is 16.9 Å². The zero-order chi connectivity index (χ0) is 11.4. The molecule has 4 heteroatoms. The molecule has 1 aromatic heterocycles. The molecule has 16 heavy (non-hydrogen) atoms. The highest BCUT2D eigenvalue weighted by Crippen LogP contribution is 2.21. The van der Waals surface area contributed by atoms with Gasteiger partial charge in [-0.2, -0.15) is 0 Å². The van der Waals surface area contributed by atoms with Gasteiger partial charge in [0.25, 0.3) is 0 Å². The third-order valence-electron chi connectivity index (χ3n) is 2.03. The summed E-state index contributed by atoms with van der Waals surface area (Å²) < 4.78 is 12.9. The van der Waals surface area contributed by atoms with Crippen molar-refractivity contribution in [1.82, 2.24) is 4.98 Å². The van der Waals surface area contributed by atoms with E-state index in [4.69, 9.17) is 5.73 Å². The number of nitrogens with zero attached hydrogens (tertiary/aromatic N) is 1. The van der Waals surface area contributed by atoms with Gasteiger partial charge in [0.2, 0.25) is 0 Å². The summed E-state index contributed by atoms with van der Waals surface area (Å²) in [5, 5.41) is 0.887. The van der Waals surface area contributed by atoms with Crippen molar-refractivity contribution in [2.45, 2.75) is 10.8 Å². The van der Waals surface area contributed by atoms with Crippen molar-refractivity contribution in [1.29, 1.82) is 0 Å². The summed E-state index contributed by atoms with van der Waals surface area (Å²) in [6, 6.07) is 10.2. The third-order valence-corrected chi connectivity index (χ3v) is 3.05. The van der Waals surface area contributed by atoms with Gasteiger partial charge >= 0.3 is 0 Å². The standard InChI is InChI=1S/C12H11FN2S/c13-10-3-1-2-9(6-10)8-16-12-5-4-11(14)7-15-12/h1-7H,8,14H2. The van der Waals surface area contributed by atoms with Crippen LogP contribution in [-0.2, 0) is 5.75 Å². The fourth-order valence-electron chi connectivity index (χ4n) is 1.26. The van der Waals surface area contributed by atoms with Crippen molar-refractivity contribution in [3.05, 3.63) is 54.0 Å². The molecule has 0 radical (unpaired) electrons. The van der Waals surface area contributed by atoms with Crippen molar-refractivity contribution in [2.24, 2.45) is 0 Å². The molecule has 0 aliphatic heterocycles. The molecule has 2 nitrogen and oxygen atoms in total.